The van der Waals surface area contributed by atoms with Crippen LogP contribution >= 0.6 is 38.5 Å². The van der Waals surface area contributed by atoms with Crippen molar-refractivity contribution >= 4 is 50.1 Å². The molecule has 98 valence electrons. The predicted molar refractivity (Wildman–Crippen MR) is 87.8 cm³/mol. The van der Waals surface area contributed by atoms with E-state index in [1.807, 2.05) is 30.3 Å². The summed E-state index contributed by atoms with van der Waals surface area (Å²) in [6.45, 7) is 0. The number of benzene rings is 2. The molecule has 19 heavy (non-hydrogen) atoms. The maximum atomic E-state index is 12.1. The van der Waals surface area contributed by atoms with Gasteiger partial charge in [-0.3, -0.25) is 4.79 Å². The van der Waals surface area contributed by atoms with E-state index in [-0.39, 0.29) is 5.91 Å². The second-order valence-corrected chi connectivity index (χ2v) is 5.91. The summed E-state index contributed by atoms with van der Waals surface area (Å²) < 4.78 is 7.07. The summed E-state index contributed by atoms with van der Waals surface area (Å²) in [5, 5.41) is 2.84. The van der Waals surface area contributed by atoms with Crippen molar-refractivity contribution in [2.24, 2.45) is 0 Å². The third kappa shape index (κ3) is 3.70. The topological polar surface area (TPSA) is 38.3 Å². The molecule has 2 aromatic rings. The Morgan fingerprint density at radius 2 is 2.05 bits per heavy atom. The zero-order chi connectivity index (χ0) is 13.8. The number of carbonyl (C=O) groups excluding carboxylic acids is 1. The summed E-state index contributed by atoms with van der Waals surface area (Å²) in [6.07, 6.45) is 0. The monoisotopic (exact) mass is 431 g/mol. The lowest BCUT2D eigenvalue weighted by molar-refractivity contribution is 0.102. The van der Waals surface area contributed by atoms with E-state index >= 15 is 0 Å². The Bertz CT molecular complexity index is 616. The highest BCUT2D eigenvalue weighted by molar-refractivity contribution is 14.1. The molecule has 2 rings (SSSR count). The lowest BCUT2D eigenvalue weighted by Gasteiger charge is -2.08. The van der Waals surface area contributed by atoms with Gasteiger partial charge in [-0.25, -0.2) is 0 Å². The molecule has 0 saturated carbocycles. The molecule has 0 atom stereocenters. The first kappa shape index (κ1) is 14.3. The zero-order valence-electron chi connectivity index (χ0n) is 10.1. The molecule has 1 amide bonds. The quantitative estimate of drug-likeness (QED) is 0.735. The van der Waals surface area contributed by atoms with E-state index < -0.39 is 0 Å². The number of hydrogen-bond acceptors (Lipinski definition) is 2. The van der Waals surface area contributed by atoms with Gasteiger partial charge in [-0.15, -0.1) is 0 Å². The van der Waals surface area contributed by atoms with Crippen molar-refractivity contribution in [2.75, 3.05) is 12.4 Å². The van der Waals surface area contributed by atoms with Crippen LogP contribution in [0.25, 0.3) is 0 Å². The van der Waals surface area contributed by atoms with E-state index in [2.05, 4.69) is 43.8 Å². The molecule has 2 aromatic carbocycles. The van der Waals surface area contributed by atoms with Gasteiger partial charge in [0, 0.05) is 20.9 Å². The second-order valence-electron chi connectivity index (χ2n) is 3.81. The number of halogens is 2. The van der Waals surface area contributed by atoms with Gasteiger partial charge < -0.3 is 10.1 Å². The third-order valence-electron chi connectivity index (χ3n) is 2.50. The molecule has 0 aliphatic carbocycles. The van der Waals surface area contributed by atoms with Crippen molar-refractivity contribution in [1.29, 1.82) is 0 Å². The van der Waals surface area contributed by atoms with E-state index in [1.54, 1.807) is 19.2 Å². The highest BCUT2D eigenvalue weighted by atomic mass is 127. The number of amides is 1. The molecule has 0 spiro atoms. The number of carbonyl (C=O) groups is 1. The van der Waals surface area contributed by atoms with Crippen LogP contribution in [0.3, 0.4) is 0 Å². The van der Waals surface area contributed by atoms with Crippen LogP contribution in [0.4, 0.5) is 5.69 Å². The SMILES string of the molecule is COc1cc(NC(=O)c2cccc(I)c2)ccc1Br. The predicted octanol–water partition coefficient (Wildman–Crippen LogP) is 4.31. The fraction of sp³-hybridized carbons (Fsp3) is 0.0714. The lowest BCUT2D eigenvalue weighted by atomic mass is 10.2. The lowest BCUT2D eigenvalue weighted by Crippen LogP contribution is -2.12. The van der Waals surface area contributed by atoms with Crippen LogP contribution in [0.2, 0.25) is 0 Å². The summed E-state index contributed by atoms with van der Waals surface area (Å²) in [5.74, 6) is 0.545. The van der Waals surface area contributed by atoms with E-state index in [1.165, 1.54) is 0 Å². The van der Waals surface area contributed by atoms with E-state index in [4.69, 9.17) is 4.74 Å². The van der Waals surface area contributed by atoms with Crippen LogP contribution in [-0.2, 0) is 0 Å². The van der Waals surface area contributed by atoms with Crippen LogP contribution in [0.15, 0.2) is 46.9 Å². The zero-order valence-corrected chi connectivity index (χ0v) is 13.9. The van der Waals surface area contributed by atoms with Crippen molar-refractivity contribution in [2.45, 2.75) is 0 Å². The first-order chi connectivity index (χ1) is 9.10. The van der Waals surface area contributed by atoms with Gasteiger partial charge in [0.15, 0.2) is 0 Å². The summed E-state index contributed by atoms with van der Waals surface area (Å²) in [5.41, 5.74) is 1.33. The molecule has 5 heteroatoms. The molecule has 0 saturated heterocycles. The number of rotatable bonds is 3. The molecule has 3 nitrogen and oxygen atoms in total. The number of nitrogens with one attached hydrogen (secondary N) is 1. The van der Waals surface area contributed by atoms with Crippen LogP contribution < -0.4 is 10.1 Å². The average molecular weight is 432 g/mol. The molecule has 0 fully saturated rings. The van der Waals surface area contributed by atoms with Crippen molar-refractivity contribution in [3.63, 3.8) is 0 Å². The first-order valence-corrected chi connectivity index (χ1v) is 7.38. The Labute approximate surface area is 133 Å². The molecule has 1 N–H and O–H groups in total. The summed E-state index contributed by atoms with van der Waals surface area (Å²) in [4.78, 5) is 12.1. The van der Waals surface area contributed by atoms with Gasteiger partial charge in [-0.2, -0.15) is 0 Å². The van der Waals surface area contributed by atoms with Gasteiger partial charge in [-0.1, -0.05) is 6.07 Å². The number of methoxy groups -OCH3 is 1. The van der Waals surface area contributed by atoms with E-state index in [0.717, 1.165) is 8.04 Å². The Balaban J connectivity index is 2.19. The van der Waals surface area contributed by atoms with Gasteiger partial charge in [0.05, 0.1) is 11.6 Å². The van der Waals surface area contributed by atoms with Gasteiger partial charge in [0.25, 0.3) is 5.91 Å². The van der Waals surface area contributed by atoms with Crippen molar-refractivity contribution in [3.05, 3.63) is 56.1 Å². The van der Waals surface area contributed by atoms with Crippen molar-refractivity contribution in [1.82, 2.24) is 0 Å². The molecular weight excluding hydrogens is 421 g/mol. The van der Waals surface area contributed by atoms with Crippen LogP contribution in [0.5, 0.6) is 5.75 Å². The fourth-order valence-electron chi connectivity index (χ4n) is 1.57. The Morgan fingerprint density at radius 1 is 1.26 bits per heavy atom. The average Bonchev–Trinajstić information content (AvgIpc) is 2.41. The number of anilines is 1. The normalized spacial score (nSPS) is 10.1. The van der Waals surface area contributed by atoms with Gasteiger partial charge in [0.2, 0.25) is 0 Å². The first-order valence-electron chi connectivity index (χ1n) is 5.50. The minimum Gasteiger partial charge on any atom is -0.495 e. The van der Waals surface area contributed by atoms with Gasteiger partial charge >= 0.3 is 0 Å². The number of hydrogen-bond donors (Lipinski definition) is 1. The van der Waals surface area contributed by atoms with Gasteiger partial charge in [0.1, 0.15) is 5.75 Å². The molecule has 0 unspecified atom stereocenters. The standard InChI is InChI=1S/C14H11BrINO2/c1-19-13-8-11(5-6-12(13)15)17-14(18)9-3-2-4-10(16)7-9/h2-8H,1H3,(H,17,18). The molecule has 0 aliphatic heterocycles. The van der Waals surface area contributed by atoms with Crippen molar-refractivity contribution < 1.29 is 9.53 Å². The number of ether oxygens (including phenoxy) is 1. The van der Waals surface area contributed by atoms with Gasteiger partial charge in [-0.05, 0) is 68.9 Å². The maximum absolute atomic E-state index is 12.1. The molecule has 0 heterocycles. The van der Waals surface area contributed by atoms with E-state index in [0.29, 0.717) is 17.0 Å². The minimum atomic E-state index is -0.136. The summed E-state index contributed by atoms with van der Waals surface area (Å²) in [7, 11) is 1.59. The Kier molecular flexibility index (Phi) is 4.81. The largest absolute Gasteiger partial charge is 0.495 e. The highest BCUT2D eigenvalue weighted by Gasteiger charge is 2.08. The van der Waals surface area contributed by atoms with Crippen molar-refractivity contribution in [3.8, 4) is 5.75 Å². The summed E-state index contributed by atoms with van der Waals surface area (Å²) >= 11 is 5.55. The summed E-state index contributed by atoms with van der Waals surface area (Å²) in [6, 6.07) is 12.9. The van der Waals surface area contributed by atoms with Crippen LogP contribution in [0, 0.1) is 3.57 Å². The fourth-order valence-corrected chi connectivity index (χ4v) is 2.52. The van der Waals surface area contributed by atoms with E-state index in [9.17, 15) is 4.79 Å². The molecular formula is C14H11BrINO2. The Morgan fingerprint density at radius 3 is 2.74 bits per heavy atom. The Hall–Kier alpha value is -1.08. The molecule has 0 aliphatic rings. The smallest absolute Gasteiger partial charge is 0.255 e. The molecule has 0 bridgehead atoms. The van der Waals surface area contributed by atoms with Crippen LogP contribution in [-0.4, -0.2) is 13.0 Å². The maximum Gasteiger partial charge on any atom is 0.255 e. The minimum absolute atomic E-state index is 0.136. The highest BCUT2D eigenvalue weighted by Crippen LogP contribution is 2.28. The van der Waals surface area contributed by atoms with Crippen LogP contribution in [0.1, 0.15) is 10.4 Å². The second kappa shape index (κ2) is 6.38. The third-order valence-corrected chi connectivity index (χ3v) is 3.82. The molecule has 0 aromatic heterocycles. The molecule has 0 radical (unpaired) electrons.